The quantitative estimate of drug-likeness (QED) is 0.563. The monoisotopic (exact) mass is 182 g/mol. The van der Waals surface area contributed by atoms with Gasteiger partial charge in [0.15, 0.2) is 5.78 Å². The van der Waals surface area contributed by atoms with Gasteiger partial charge in [-0.15, -0.1) is 0 Å². The van der Waals surface area contributed by atoms with Gasteiger partial charge < -0.3 is 0 Å². The first-order valence-corrected chi connectivity index (χ1v) is 4.85. The van der Waals surface area contributed by atoms with Crippen LogP contribution in [0.25, 0.3) is 0 Å². The summed E-state index contributed by atoms with van der Waals surface area (Å²) in [5, 5.41) is 0. The predicted octanol–water partition coefficient (Wildman–Crippen LogP) is 2.56. The van der Waals surface area contributed by atoms with Crippen LogP contribution in [0.3, 0.4) is 0 Å². The molecule has 0 heterocycles. The summed E-state index contributed by atoms with van der Waals surface area (Å²) in [5.41, 5.74) is 2.46. The third-order valence-electron chi connectivity index (χ3n) is 2.98. The Morgan fingerprint density at radius 3 is 2.57 bits per heavy atom. The number of ketones is 1. The minimum Gasteiger partial charge on any atom is -0.294 e. The average molecular weight is 182 g/mol. The molecule has 0 aliphatic heterocycles. The number of carbonyl (C=O) groups excluding carboxylic acids is 1. The zero-order valence-corrected chi connectivity index (χ0v) is 7.68. The van der Waals surface area contributed by atoms with E-state index < -0.39 is 0 Å². The summed E-state index contributed by atoms with van der Waals surface area (Å²) in [6, 6.07) is 8.20. The van der Waals surface area contributed by atoms with Crippen molar-refractivity contribution in [1.29, 1.82) is 0 Å². The number of fused-ring (bicyclic) bond motifs is 1. The zero-order chi connectivity index (χ0) is 9.54. The van der Waals surface area contributed by atoms with Gasteiger partial charge in [0.2, 0.25) is 0 Å². The van der Waals surface area contributed by atoms with Crippen LogP contribution in [0, 0.1) is 0 Å². The molecule has 0 saturated carbocycles. The molecule has 0 N–H and O–H groups in total. The maximum absolute atomic E-state index is 11.7. The molecule has 1 aromatic rings. The number of benzene rings is 1. The third-order valence-corrected chi connectivity index (χ3v) is 2.98. The molecule has 2 atom stereocenters. The van der Waals surface area contributed by atoms with Gasteiger partial charge in [-0.3, -0.25) is 4.79 Å². The van der Waals surface area contributed by atoms with Crippen molar-refractivity contribution in [2.45, 2.75) is 11.8 Å². The molecule has 0 unspecified atom stereocenters. The fourth-order valence-corrected chi connectivity index (χ4v) is 2.25. The van der Waals surface area contributed by atoms with Crippen LogP contribution in [0.1, 0.15) is 23.0 Å². The summed E-state index contributed by atoms with van der Waals surface area (Å²) in [5.74, 6) is 0.462. The molecule has 0 fully saturated rings. The molecule has 0 aromatic heterocycles. The number of carbonyl (C=O) groups is 1. The van der Waals surface area contributed by atoms with Crippen molar-refractivity contribution >= 4 is 5.78 Å². The van der Waals surface area contributed by atoms with Crippen LogP contribution in [0.5, 0.6) is 0 Å². The third kappa shape index (κ3) is 0.925. The van der Waals surface area contributed by atoms with Crippen molar-refractivity contribution in [2.24, 2.45) is 0 Å². The van der Waals surface area contributed by atoms with E-state index in [4.69, 9.17) is 0 Å². The first-order valence-electron chi connectivity index (χ1n) is 4.85. The van der Waals surface area contributed by atoms with E-state index >= 15 is 0 Å². The molecule has 0 radical (unpaired) electrons. The minimum atomic E-state index is -0.0406. The highest BCUT2D eigenvalue weighted by atomic mass is 16.1. The highest BCUT2D eigenvalue weighted by molar-refractivity contribution is 5.98. The number of hydrogen-bond acceptors (Lipinski definition) is 1. The lowest BCUT2D eigenvalue weighted by Gasteiger charge is -2.20. The topological polar surface area (TPSA) is 17.1 Å². The Bertz CT molecular complexity index is 454. The average Bonchev–Trinajstić information content (AvgIpc) is 2.49. The lowest BCUT2D eigenvalue weighted by Crippen LogP contribution is -2.11. The second kappa shape index (κ2) is 2.68. The molecule has 1 nitrogen and oxygen atoms in total. The summed E-state index contributed by atoms with van der Waals surface area (Å²) in [6.07, 6.45) is 7.85. The maximum Gasteiger partial charge on any atom is 0.166 e. The summed E-state index contributed by atoms with van der Waals surface area (Å²) in [7, 11) is 0. The molecular weight excluding hydrogens is 172 g/mol. The molecule has 0 amide bonds. The molecule has 0 spiro atoms. The smallest absolute Gasteiger partial charge is 0.166 e. The summed E-state index contributed by atoms with van der Waals surface area (Å²) in [6.45, 7) is 0. The second-order valence-electron chi connectivity index (χ2n) is 3.78. The molecule has 68 valence electrons. The van der Waals surface area contributed by atoms with Crippen LogP contribution in [0.2, 0.25) is 0 Å². The lowest BCUT2D eigenvalue weighted by molar-refractivity contribution is -0.115. The Hall–Kier alpha value is -1.63. The molecule has 4 rings (SSSR count). The summed E-state index contributed by atoms with van der Waals surface area (Å²) in [4.78, 5) is 11.7. The van der Waals surface area contributed by atoms with E-state index in [1.165, 1.54) is 11.1 Å². The minimum absolute atomic E-state index is 0.0406. The van der Waals surface area contributed by atoms with E-state index in [-0.39, 0.29) is 11.7 Å². The van der Waals surface area contributed by atoms with Crippen LogP contribution in [0.4, 0.5) is 0 Å². The van der Waals surface area contributed by atoms with Gasteiger partial charge >= 0.3 is 0 Å². The largest absolute Gasteiger partial charge is 0.294 e. The Morgan fingerprint density at radius 2 is 1.71 bits per heavy atom. The lowest BCUT2D eigenvalue weighted by atomic mass is 9.83. The molecular formula is C13H10O. The van der Waals surface area contributed by atoms with E-state index in [9.17, 15) is 4.79 Å². The first-order chi connectivity index (χ1) is 6.86. The van der Waals surface area contributed by atoms with Crippen LogP contribution in [-0.4, -0.2) is 5.78 Å². The highest BCUT2D eigenvalue weighted by Gasteiger charge is 2.27. The van der Waals surface area contributed by atoms with Gasteiger partial charge in [0.1, 0.15) is 0 Å². The standard InChI is InChI=1S/C13H10O/c14-13-8-6-9-5-7-12(13)11-4-2-1-3-10(9)11/h1-9,12H/t9-,12+/m0/s1. The molecule has 3 aliphatic carbocycles. The molecule has 3 aliphatic rings. The molecule has 1 heteroatoms. The first kappa shape index (κ1) is 7.74. The van der Waals surface area contributed by atoms with E-state index in [2.05, 4.69) is 18.2 Å². The molecule has 2 bridgehead atoms. The van der Waals surface area contributed by atoms with Crippen LogP contribution in [-0.2, 0) is 4.79 Å². The van der Waals surface area contributed by atoms with Crippen molar-refractivity contribution in [3.05, 3.63) is 59.7 Å². The summed E-state index contributed by atoms with van der Waals surface area (Å²) < 4.78 is 0. The van der Waals surface area contributed by atoms with Gasteiger partial charge in [-0.05, 0) is 17.2 Å². The van der Waals surface area contributed by atoms with Crippen molar-refractivity contribution in [3.8, 4) is 0 Å². The van der Waals surface area contributed by atoms with Crippen LogP contribution in [0.15, 0.2) is 48.6 Å². The molecule has 14 heavy (non-hydrogen) atoms. The molecule has 0 saturated heterocycles. The van der Waals surface area contributed by atoms with Crippen molar-refractivity contribution in [3.63, 3.8) is 0 Å². The fraction of sp³-hybridized carbons (Fsp3) is 0.154. The zero-order valence-electron chi connectivity index (χ0n) is 7.68. The van der Waals surface area contributed by atoms with Crippen LogP contribution < -0.4 is 0 Å². The van der Waals surface area contributed by atoms with Crippen molar-refractivity contribution in [2.75, 3.05) is 0 Å². The van der Waals surface area contributed by atoms with Gasteiger partial charge in [-0.2, -0.15) is 0 Å². The van der Waals surface area contributed by atoms with E-state index in [0.717, 1.165) is 0 Å². The summed E-state index contributed by atoms with van der Waals surface area (Å²) >= 11 is 0. The second-order valence-corrected chi connectivity index (χ2v) is 3.78. The van der Waals surface area contributed by atoms with E-state index in [0.29, 0.717) is 5.92 Å². The number of rotatable bonds is 0. The Morgan fingerprint density at radius 1 is 0.929 bits per heavy atom. The van der Waals surface area contributed by atoms with Gasteiger partial charge in [-0.1, -0.05) is 42.5 Å². The number of hydrogen-bond donors (Lipinski definition) is 0. The van der Waals surface area contributed by atoms with Crippen molar-refractivity contribution in [1.82, 2.24) is 0 Å². The van der Waals surface area contributed by atoms with E-state index in [1.807, 2.05) is 24.3 Å². The SMILES string of the molecule is O=C1C=C[C@@H]2C=C[C@@H]1c1ccccc12. The predicted molar refractivity (Wildman–Crippen MR) is 55.2 cm³/mol. The van der Waals surface area contributed by atoms with Gasteiger partial charge in [0.25, 0.3) is 0 Å². The van der Waals surface area contributed by atoms with Crippen LogP contribution >= 0.6 is 0 Å². The Kier molecular flexibility index (Phi) is 1.48. The number of allylic oxidation sites excluding steroid dienone is 4. The highest BCUT2D eigenvalue weighted by Crippen LogP contribution is 2.37. The fourth-order valence-electron chi connectivity index (χ4n) is 2.25. The Balaban J connectivity index is 2.29. The Labute approximate surface area is 82.8 Å². The van der Waals surface area contributed by atoms with Gasteiger partial charge in [0.05, 0.1) is 5.92 Å². The maximum atomic E-state index is 11.7. The van der Waals surface area contributed by atoms with Gasteiger partial charge in [-0.25, -0.2) is 0 Å². The normalized spacial score (nSPS) is 27.6. The van der Waals surface area contributed by atoms with E-state index in [1.54, 1.807) is 6.08 Å². The van der Waals surface area contributed by atoms with Crippen molar-refractivity contribution < 1.29 is 4.79 Å². The molecule has 1 aromatic carbocycles. The van der Waals surface area contributed by atoms with Gasteiger partial charge in [0, 0.05) is 5.92 Å².